The number of H-pyrrole nitrogens is 1. The van der Waals surface area contributed by atoms with Crippen LogP contribution in [0.4, 0.5) is 0 Å². The number of nitrogens with zero attached hydrogens (tertiary/aromatic N) is 3. The van der Waals surface area contributed by atoms with E-state index in [0.717, 1.165) is 57.1 Å². The molecule has 1 aromatic heterocycles. The second-order valence-corrected chi connectivity index (χ2v) is 6.74. The predicted molar refractivity (Wildman–Crippen MR) is 95.3 cm³/mol. The summed E-state index contributed by atoms with van der Waals surface area (Å²) in [6, 6.07) is 9.86. The number of ether oxygens (including phenoxy) is 1. The summed E-state index contributed by atoms with van der Waals surface area (Å²) in [5, 5.41) is 0. The summed E-state index contributed by atoms with van der Waals surface area (Å²) in [5.41, 5.74) is 1.55. The molecule has 25 heavy (non-hydrogen) atoms. The minimum Gasteiger partial charge on any atom is -0.377 e. The van der Waals surface area contributed by atoms with Gasteiger partial charge in [0.15, 0.2) is 0 Å². The van der Waals surface area contributed by atoms with Gasteiger partial charge in [-0.2, -0.15) is 0 Å². The van der Waals surface area contributed by atoms with E-state index in [9.17, 15) is 4.79 Å². The van der Waals surface area contributed by atoms with Gasteiger partial charge in [0.1, 0.15) is 11.5 Å². The summed E-state index contributed by atoms with van der Waals surface area (Å²) in [6.45, 7) is 5.21. The number of piperazine rings is 1. The molecule has 2 saturated heterocycles. The number of hydrogen-bond donors (Lipinski definition) is 1. The number of rotatable bonds is 4. The third-order valence-electron chi connectivity index (χ3n) is 5.00. The Bertz CT molecular complexity index is 701. The quantitative estimate of drug-likeness (QED) is 0.925. The number of carbonyl (C=O) groups is 1. The lowest BCUT2D eigenvalue weighted by molar-refractivity contribution is 0.0430. The van der Waals surface area contributed by atoms with Gasteiger partial charge in [-0.05, 0) is 12.8 Å². The molecule has 1 amide bonds. The maximum atomic E-state index is 12.7. The third kappa shape index (κ3) is 3.75. The van der Waals surface area contributed by atoms with Gasteiger partial charge in [-0.3, -0.25) is 9.69 Å². The minimum atomic E-state index is 0.0337. The van der Waals surface area contributed by atoms with Crippen LogP contribution in [0, 0.1) is 0 Å². The summed E-state index contributed by atoms with van der Waals surface area (Å²) in [7, 11) is 0. The highest BCUT2D eigenvalue weighted by Gasteiger charge is 2.26. The largest absolute Gasteiger partial charge is 0.377 e. The zero-order chi connectivity index (χ0) is 17.1. The van der Waals surface area contributed by atoms with Crippen LogP contribution >= 0.6 is 0 Å². The Morgan fingerprint density at radius 2 is 2.00 bits per heavy atom. The molecule has 132 valence electrons. The predicted octanol–water partition coefficient (Wildman–Crippen LogP) is 2.01. The Labute approximate surface area is 147 Å². The van der Waals surface area contributed by atoms with E-state index in [4.69, 9.17) is 4.74 Å². The Kier molecular flexibility index (Phi) is 4.81. The van der Waals surface area contributed by atoms with Crippen LogP contribution in [-0.4, -0.2) is 71.1 Å². The van der Waals surface area contributed by atoms with Crippen LogP contribution in [0.25, 0.3) is 11.4 Å². The first-order valence-corrected chi connectivity index (χ1v) is 9.03. The zero-order valence-corrected chi connectivity index (χ0v) is 14.4. The molecule has 1 unspecified atom stereocenters. The molecule has 3 heterocycles. The molecule has 0 saturated carbocycles. The van der Waals surface area contributed by atoms with Crippen LogP contribution in [0.3, 0.4) is 0 Å². The highest BCUT2D eigenvalue weighted by atomic mass is 16.5. The molecular formula is C19H24N4O2. The van der Waals surface area contributed by atoms with E-state index < -0.39 is 0 Å². The molecule has 2 fully saturated rings. The van der Waals surface area contributed by atoms with Crippen LogP contribution in [0.15, 0.2) is 36.5 Å². The normalized spacial score (nSPS) is 21.6. The summed E-state index contributed by atoms with van der Waals surface area (Å²) in [5.74, 6) is 0.771. The van der Waals surface area contributed by atoms with E-state index in [1.807, 2.05) is 35.2 Å². The van der Waals surface area contributed by atoms with Gasteiger partial charge in [0.2, 0.25) is 0 Å². The van der Waals surface area contributed by atoms with E-state index in [1.54, 1.807) is 6.20 Å². The van der Waals surface area contributed by atoms with Gasteiger partial charge in [-0.1, -0.05) is 30.3 Å². The summed E-state index contributed by atoms with van der Waals surface area (Å²) >= 11 is 0. The van der Waals surface area contributed by atoms with Crippen LogP contribution < -0.4 is 0 Å². The molecule has 0 spiro atoms. The van der Waals surface area contributed by atoms with Gasteiger partial charge < -0.3 is 14.6 Å². The molecule has 2 aromatic rings. The number of carbonyl (C=O) groups excluding carboxylic acids is 1. The first-order chi connectivity index (χ1) is 12.3. The number of aromatic nitrogens is 2. The van der Waals surface area contributed by atoms with Crippen molar-refractivity contribution in [2.24, 2.45) is 0 Å². The minimum absolute atomic E-state index is 0.0337. The van der Waals surface area contributed by atoms with E-state index in [2.05, 4.69) is 14.9 Å². The van der Waals surface area contributed by atoms with Crippen molar-refractivity contribution in [1.29, 1.82) is 0 Å². The topological polar surface area (TPSA) is 61.5 Å². The van der Waals surface area contributed by atoms with Crippen molar-refractivity contribution < 1.29 is 9.53 Å². The molecule has 2 aliphatic rings. The third-order valence-corrected chi connectivity index (χ3v) is 5.00. The van der Waals surface area contributed by atoms with E-state index >= 15 is 0 Å². The maximum absolute atomic E-state index is 12.7. The highest BCUT2D eigenvalue weighted by molar-refractivity contribution is 5.92. The molecule has 0 aliphatic carbocycles. The maximum Gasteiger partial charge on any atom is 0.272 e. The molecule has 6 nitrogen and oxygen atoms in total. The fourth-order valence-corrected chi connectivity index (χ4v) is 3.55. The SMILES string of the molecule is O=C(c1cnc(-c2ccccc2)[nH]1)N1CCN(CC2CCCO2)CC1. The number of nitrogens with one attached hydrogen (secondary N) is 1. The number of hydrogen-bond acceptors (Lipinski definition) is 4. The fraction of sp³-hybridized carbons (Fsp3) is 0.474. The molecule has 1 atom stereocenters. The lowest BCUT2D eigenvalue weighted by Crippen LogP contribution is -2.50. The highest BCUT2D eigenvalue weighted by Crippen LogP contribution is 2.17. The number of aromatic amines is 1. The number of amides is 1. The lowest BCUT2D eigenvalue weighted by atomic mass is 10.2. The Hall–Kier alpha value is -2.18. The van der Waals surface area contributed by atoms with Crippen molar-refractivity contribution in [3.63, 3.8) is 0 Å². The second kappa shape index (κ2) is 7.37. The Morgan fingerprint density at radius 3 is 2.72 bits per heavy atom. The van der Waals surface area contributed by atoms with E-state index in [-0.39, 0.29) is 5.91 Å². The molecule has 0 radical (unpaired) electrons. The Balaban J connectivity index is 1.34. The lowest BCUT2D eigenvalue weighted by Gasteiger charge is -2.35. The molecule has 0 bridgehead atoms. The smallest absolute Gasteiger partial charge is 0.272 e. The van der Waals surface area contributed by atoms with Gasteiger partial charge >= 0.3 is 0 Å². The molecular weight excluding hydrogens is 316 g/mol. The summed E-state index contributed by atoms with van der Waals surface area (Å²) < 4.78 is 5.71. The van der Waals surface area contributed by atoms with Crippen molar-refractivity contribution in [2.45, 2.75) is 18.9 Å². The molecule has 6 heteroatoms. The van der Waals surface area contributed by atoms with Crippen LogP contribution in [0.2, 0.25) is 0 Å². The molecule has 4 rings (SSSR count). The monoisotopic (exact) mass is 340 g/mol. The van der Waals surface area contributed by atoms with Crippen molar-refractivity contribution in [2.75, 3.05) is 39.3 Å². The molecule has 2 aliphatic heterocycles. The second-order valence-electron chi connectivity index (χ2n) is 6.74. The van der Waals surface area contributed by atoms with Crippen molar-refractivity contribution in [3.05, 3.63) is 42.2 Å². The Morgan fingerprint density at radius 1 is 1.20 bits per heavy atom. The van der Waals surface area contributed by atoms with Gasteiger partial charge in [0, 0.05) is 44.9 Å². The van der Waals surface area contributed by atoms with E-state index in [0.29, 0.717) is 11.8 Å². The first-order valence-electron chi connectivity index (χ1n) is 9.03. The first kappa shape index (κ1) is 16.3. The summed E-state index contributed by atoms with van der Waals surface area (Å²) in [6.07, 6.45) is 4.36. The van der Waals surface area contributed by atoms with Crippen LogP contribution in [0.1, 0.15) is 23.3 Å². The number of benzene rings is 1. The van der Waals surface area contributed by atoms with Gasteiger partial charge in [0.05, 0.1) is 12.3 Å². The van der Waals surface area contributed by atoms with Crippen LogP contribution in [-0.2, 0) is 4.74 Å². The molecule has 1 N–H and O–H groups in total. The average Bonchev–Trinajstić information content (AvgIpc) is 3.34. The standard InChI is InChI=1S/C19H24N4O2/c24-19(17-13-20-18(21-17)15-5-2-1-3-6-15)23-10-8-22(9-11-23)14-16-7-4-12-25-16/h1-3,5-6,13,16H,4,7-12,14H2,(H,20,21). The van der Waals surface area contributed by atoms with Gasteiger partial charge in [-0.15, -0.1) is 0 Å². The zero-order valence-electron chi connectivity index (χ0n) is 14.4. The fourth-order valence-electron chi connectivity index (χ4n) is 3.55. The van der Waals surface area contributed by atoms with Gasteiger partial charge in [-0.25, -0.2) is 4.98 Å². The summed E-state index contributed by atoms with van der Waals surface area (Å²) in [4.78, 5) is 24.5. The van der Waals surface area contributed by atoms with Crippen molar-refractivity contribution >= 4 is 5.91 Å². The molecule has 1 aromatic carbocycles. The van der Waals surface area contributed by atoms with Crippen LogP contribution in [0.5, 0.6) is 0 Å². The number of imidazole rings is 1. The average molecular weight is 340 g/mol. The van der Waals surface area contributed by atoms with Gasteiger partial charge in [0.25, 0.3) is 5.91 Å². The van der Waals surface area contributed by atoms with Crippen molar-refractivity contribution in [1.82, 2.24) is 19.8 Å². The van der Waals surface area contributed by atoms with Crippen molar-refractivity contribution in [3.8, 4) is 11.4 Å². The van der Waals surface area contributed by atoms with E-state index in [1.165, 1.54) is 6.42 Å².